The average molecular weight is 443 g/mol. The van der Waals surface area contributed by atoms with Crippen molar-refractivity contribution in [3.63, 3.8) is 0 Å². The second-order valence-corrected chi connectivity index (χ2v) is 8.30. The number of amides is 1. The van der Waals surface area contributed by atoms with Crippen molar-refractivity contribution in [3.05, 3.63) is 30.0 Å². The molecule has 0 unspecified atom stereocenters. The zero-order valence-corrected chi connectivity index (χ0v) is 18.4. The van der Waals surface area contributed by atoms with Gasteiger partial charge in [-0.15, -0.1) is 0 Å². The number of carbonyl (C=O) groups is 1. The first-order chi connectivity index (χ1) is 14.7. The molecule has 0 fully saturated rings. The molecule has 3 aromatic heterocycles. The van der Waals surface area contributed by atoms with Crippen molar-refractivity contribution in [1.82, 2.24) is 33.8 Å². The van der Waals surface area contributed by atoms with E-state index in [0.717, 1.165) is 63.5 Å². The molecular weight excluding hydrogens is 420 g/mol. The summed E-state index contributed by atoms with van der Waals surface area (Å²) >= 11 is 2.73. The lowest BCUT2D eigenvalue weighted by atomic mass is 10.2. The van der Waals surface area contributed by atoms with Crippen LogP contribution in [0.3, 0.4) is 0 Å². The summed E-state index contributed by atoms with van der Waals surface area (Å²) in [5.41, 5.74) is 2.86. The van der Waals surface area contributed by atoms with E-state index < -0.39 is 0 Å². The van der Waals surface area contributed by atoms with E-state index in [0.29, 0.717) is 18.7 Å². The molecule has 2 N–H and O–H groups in total. The van der Waals surface area contributed by atoms with Gasteiger partial charge < -0.3 is 10.6 Å². The van der Waals surface area contributed by atoms with Crippen LogP contribution in [0.4, 0.5) is 5.82 Å². The van der Waals surface area contributed by atoms with Gasteiger partial charge in [0, 0.05) is 18.7 Å². The lowest BCUT2D eigenvalue weighted by Crippen LogP contribution is -2.27. The van der Waals surface area contributed by atoms with Crippen LogP contribution in [0.5, 0.6) is 0 Å². The predicted octanol–water partition coefficient (Wildman–Crippen LogP) is 3.19. The van der Waals surface area contributed by atoms with Crippen LogP contribution in [0.25, 0.3) is 22.1 Å². The normalized spacial score (nSPS) is 11.3. The van der Waals surface area contributed by atoms with Crippen LogP contribution >= 0.6 is 23.5 Å². The number of thioether (sulfide) groups is 1. The van der Waals surface area contributed by atoms with Gasteiger partial charge in [0.05, 0.1) is 29.9 Å². The smallest absolute Gasteiger partial charge is 0.251 e. The van der Waals surface area contributed by atoms with Crippen molar-refractivity contribution in [2.24, 2.45) is 0 Å². The molecule has 0 atom stereocenters. The van der Waals surface area contributed by atoms with Crippen molar-refractivity contribution >= 4 is 57.3 Å². The Hall–Kier alpha value is -2.79. The molecule has 9 nitrogen and oxygen atoms in total. The minimum absolute atomic E-state index is 0.150. The van der Waals surface area contributed by atoms with E-state index in [1.165, 1.54) is 0 Å². The van der Waals surface area contributed by atoms with Crippen LogP contribution in [0.2, 0.25) is 0 Å². The first kappa shape index (κ1) is 20.5. The summed E-state index contributed by atoms with van der Waals surface area (Å²) in [6.07, 6.45) is 2.78. The van der Waals surface area contributed by atoms with E-state index in [1.54, 1.807) is 30.1 Å². The fourth-order valence-electron chi connectivity index (χ4n) is 2.97. The molecule has 4 aromatic rings. The van der Waals surface area contributed by atoms with Crippen LogP contribution in [-0.2, 0) is 6.54 Å². The zero-order chi connectivity index (χ0) is 20.9. The highest BCUT2D eigenvalue weighted by molar-refractivity contribution is 7.99. The Bertz CT molecular complexity index is 1170. The molecule has 0 saturated heterocycles. The third-order valence-electron chi connectivity index (χ3n) is 4.42. The Balaban J connectivity index is 1.47. The number of aromatic nitrogens is 6. The highest BCUT2D eigenvalue weighted by atomic mass is 32.2. The predicted molar refractivity (Wildman–Crippen MR) is 120 cm³/mol. The van der Waals surface area contributed by atoms with Gasteiger partial charge in [-0.2, -0.15) is 13.8 Å². The van der Waals surface area contributed by atoms with Gasteiger partial charge in [-0.1, -0.05) is 25.6 Å². The Morgan fingerprint density at radius 1 is 1.17 bits per heavy atom. The molecule has 4 rings (SSSR count). The second kappa shape index (κ2) is 9.35. The van der Waals surface area contributed by atoms with E-state index in [1.807, 2.05) is 10.7 Å². The Kier molecular flexibility index (Phi) is 6.38. The lowest BCUT2D eigenvalue weighted by molar-refractivity contribution is 0.0952. The summed E-state index contributed by atoms with van der Waals surface area (Å²) in [5, 5.41) is 12.4. The Morgan fingerprint density at radius 3 is 2.87 bits per heavy atom. The lowest BCUT2D eigenvalue weighted by Gasteiger charge is -2.09. The van der Waals surface area contributed by atoms with Gasteiger partial charge in [-0.25, -0.2) is 14.6 Å². The van der Waals surface area contributed by atoms with E-state index in [9.17, 15) is 4.79 Å². The number of benzene rings is 1. The van der Waals surface area contributed by atoms with Gasteiger partial charge in [0.1, 0.15) is 16.9 Å². The monoisotopic (exact) mass is 442 g/mol. The molecule has 11 heteroatoms. The van der Waals surface area contributed by atoms with Gasteiger partial charge in [-0.05, 0) is 30.4 Å². The van der Waals surface area contributed by atoms with E-state index in [4.69, 9.17) is 0 Å². The number of nitrogens with zero attached hydrogens (tertiary/aromatic N) is 6. The molecule has 156 valence electrons. The Labute approximate surface area is 182 Å². The van der Waals surface area contributed by atoms with Crippen molar-refractivity contribution in [1.29, 1.82) is 0 Å². The molecule has 0 aliphatic rings. The third-order valence-corrected chi connectivity index (χ3v) is 5.70. The third kappa shape index (κ3) is 4.36. The number of carbonyl (C=O) groups excluding carboxylic acids is 1. The van der Waals surface area contributed by atoms with Gasteiger partial charge in [-0.3, -0.25) is 4.79 Å². The molecule has 0 bridgehead atoms. The molecule has 0 spiro atoms. The molecule has 0 radical (unpaired) electrons. The molecule has 1 amide bonds. The maximum atomic E-state index is 12.5. The minimum Gasteiger partial charge on any atom is -0.369 e. The van der Waals surface area contributed by atoms with Gasteiger partial charge >= 0.3 is 0 Å². The van der Waals surface area contributed by atoms with Crippen LogP contribution in [0.15, 0.2) is 29.6 Å². The maximum Gasteiger partial charge on any atom is 0.251 e. The van der Waals surface area contributed by atoms with E-state index in [2.05, 4.69) is 48.3 Å². The standard InChI is InChI=1S/C19H22N8OS2/c1-3-7-20-16-13-11-22-27(17(13)24-19(23-16)29-4-2)9-8-21-18(28)12-5-6-14-15(10-12)26-30-25-14/h5-6,10-11H,3-4,7-9H2,1-2H3,(H,21,28)(H,20,23,24). The van der Waals surface area contributed by atoms with Crippen molar-refractivity contribution < 1.29 is 4.79 Å². The summed E-state index contributed by atoms with van der Waals surface area (Å²) < 4.78 is 10.1. The van der Waals surface area contributed by atoms with E-state index in [-0.39, 0.29) is 5.91 Å². The summed E-state index contributed by atoms with van der Waals surface area (Å²) in [4.78, 5) is 21.8. The van der Waals surface area contributed by atoms with Crippen molar-refractivity contribution in [2.75, 3.05) is 24.2 Å². The zero-order valence-electron chi connectivity index (χ0n) is 16.8. The Morgan fingerprint density at radius 2 is 2.03 bits per heavy atom. The molecule has 3 heterocycles. The topological polar surface area (TPSA) is 111 Å². The van der Waals surface area contributed by atoms with Crippen molar-refractivity contribution in [2.45, 2.75) is 32.0 Å². The highest BCUT2D eigenvalue weighted by Gasteiger charge is 2.14. The van der Waals surface area contributed by atoms with E-state index >= 15 is 0 Å². The number of nitrogens with one attached hydrogen (secondary N) is 2. The SMILES string of the molecule is CCCNc1nc(SCC)nc2c1cnn2CCNC(=O)c1ccc2nsnc2c1. The van der Waals surface area contributed by atoms with Crippen molar-refractivity contribution in [3.8, 4) is 0 Å². The molecule has 0 aliphatic heterocycles. The number of rotatable bonds is 9. The fraction of sp³-hybridized carbons (Fsp3) is 0.368. The first-order valence-electron chi connectivity index (χ1n) is 9.80. The fourth-order valence-corrected chi connectivity index (χ4v) is 4.05. The molecular formula is C19H22N8OS2. The summed E-state index contributed by atoms with van der Waals surface area (Å²) in [6.45, 7) is 5.96. The van der Waals surface area contributed by atoms with Crippen LogP contribution in [-0.4, -0.2) is 53.2 Å². The van der Waals surface area contributed by atoms with Gasteiger partial charge in [0.15, 0.2) is 10.8 Å². The number of anilines is 1. The molecule has 1 aromatic carbocycles. The van der Waals surface area contributed by atoms with Gasteiger partial charge in [0.25, 0.3) is 5.91 Å². The quantitative estimate of drug-likeness (QED) is 0.300. The van der Waals surface area contributed by atoms with Crippen LogP contribution < -0.4 is 10.6 Å². The number of hydrogen-bond acceptors (Lipinski definition) is 9. The largest absolute Gasteiger partial charge is 0.369 e. The molecule has 30 heavy (non-hydrogen) atoms. The maximum absolute atomic E-state index is 12.5. The van der Waals surface area contributed by atoms with Crippen LogP contribution in [0, 0.1) is 0 Å². The summed E-state index contributed by atoms with van der Waals surface area (Å²) in [7, 11) is 0. The summed E-state index contributed by atoms with van der Waals surface area (Å²) in [6, 6.07) is 5.32. The average Bonchev–Trinajstić information content (AvgIpc) is 3.38. The summed E-state index contributed by atoms with van der Waals surface area (Å²) in [5.74, 6) is 1.55. The highest BCUT2D eigenvalue weighted by Crippen LogP contribution is 2.24. The molecule has 0 saturated carbocycles. The second-order valence-electron chi connectivity index (χ2n) is 6.54. The number of hydrogen-bond donors (Lipinski definition) is 2. The first-order valence-corrected chi connectivity index (χ1v) is 11.5. The van der Waals surface area contributed by atoms with Gasteiger partial charge in [0.2, 0.25) is 0 Å². The molecule has 0 aliphatic carbocycles. The number of fused-ring (bicyclic) bond motifs is 2. The minimum atomic E-state index is -0.150. The van der Waals surface area contributed by atoms with Crippen LogP contribution in [0.1, 0.15) is 30.6 Å².